The summed E-state index contributed by atoms with van der Waals surface area (Å²) in [6.07, 6.45) is 4.78. The van der Waals surface area contributed by atoms with Crippen LogP contribution in [0.1, 0.15) is 36.2 Å². The van der Waals surface area contributed by atoms with Gasteiger partial charge < -0.3 is 10.2 Å². The third kappa shape index (κ3) is 4.13. The van der Waals surface area contributed by atoms with Crippen LogP contribution in [0.5, 0.6) is 0 Å². The van der Waals surface area contributed by atoms with Gasteiger partial charge in [-0.25, -0.2) is 14.3 Å². The Morgan fingerprint density at radius 2 is 2.14 bits per heavy atom. The van der Waals surface area contributed by atoms with E-state index < -0.39 is 0 Å². The molecule has 0 unspecified atom stereocenters. The summed E-state index contributed by atoms with van der Waals surface area (Å²) < 4.78 is 3.34. The number of benzene rings is 1. The Hall–Kier alpha value is -2.57. The van der Waals surface area contributed by atoms with Crippen molar-refractivity contribution < 1.29 is 4.79 Å². The van der Waals surface area contributed by atoms with E-state index in [9.17, 15) is 9.59 Å². The van der Waals surface area contributed by atoms with Crippen LogP contribution < -0.4 is 11.0 Å². The third-order valence-corrected chi connectivity index (χ3v) is 5.71. The molecule has 7 heteroatoms. The van der Waals surface area contributed by atoms with Crippen LogP contribution in [0.2, 0.25) is 0 Å². The van der Waals surface area contributed by atoms with Gasteiger partial charge in [0.25, 0.3) is 0 Å². The molecule has 0 spiro atoms. The summed E-state index contributed by atoms with van der Waals surface area (Å²) in [7, 11) is 0. The molecular weight excluding hydrogens is 354 g/mol. The second-order valence-corrected chi connectivity index (χ2v) is 8.08. The van der Waals surface area contributed by atoms with Crippen molar-refractivity contribution in [1.29, 1.82) is 0 Å². The summed E-state index contributed by atoms with van der Waals surface area (Å²) in [6.45, 7) is 5.63. The SMILES string of the molecule is Cc1cccc(CC2CN(C(=O)NCCCn3nc4n(c3=O)CCCC4)C2)c1. The Bertz CT molecular complexity index is 894. The number of nitrogens with one attached hydrogen (secondary N) is 1. The minimum Gasteiger partial charge on any atom is -0.338 e. The van der Waals surface area contributed by atoms with E-state index in [2.05, 4.69) is 41.6 Å². The average molecular weight is 383 g/mol. The molecule has 0 radical (unpaired) electrons. The van der Waals surface area contributed by atoms with Gasteiger partial charge in [-0.3, -0.25) is 4.57 Å². The van der Waals surface area contributed by atoms with E-state index in [0.29, 0.717) is 25.4 Å². The second kappa shape index (κ2) is 8.20. The smallest absolute Gasteiger partial charge is 0.338 e. The van der Waals surface area contributed by atoms with Crippen LogP contribution in [0.15, 0.2) is 29.1 Å². The lowest BCUT2D eigenvalue weighted by Gasteiger charge is -2.39. The maximum absolute atomic E-state index is 12.3. The molecule has 0 aliphatic carbocycles. The highest BCUT2D eigenvalue weighted by Gasteiger charge is 2.30. The van der Waals surface area contributed by atoms with Crippen molar-refractivity contribution in [1.82, 2.24) is 24.6 Å². The van der Waals surface area contributed by atoms with E-state index in [1.807, 2.05) is 4.90 Å². The van der Waals surface area contributed by atoms with Crippen molar-refractivity contribution in [2.45, 2.75) is 52.1 Å². The van der Waals surface area contributed by atoms with Gasteiger partial charge in [-0.1, -0.05) is 29.8 Å². The van der Waals surface area contributed by atoms with Gasteiger partial charge in [0.2, 0.25) is 0 Å². The van der Waals surface area contributed by atoms with E-state index >= 15 is 0 Å². The molecule has 3 heterocycles. The first-order chi connectivity index (χ1) is 13.6. The van der Waals surface area contributed by atoms with Crippen LogP contribution in [-0.4, -0.2) is 44.9 Å². The number of likely N-dealkylation sites (tertiary alicyclic amines) is 1. The number of urea groups is 1. The predicted molar refractivity (Wildman–Crippen MR) is 107 cm³/mol. The van der Waals surface area contributed by atoms with Crippen LogP contribution in [0.3, 0.4) is 0 Å². The minimum absolute atomic E-state index is 0.00280. The predicted octanol–water partition coefficient (Wildman–Crippen LogP) is 1.96. The maximum atomic E-state index is 12.3. The van der Waals surface area contributed by atoms with Crippen molar-refractivity contribution in [2.24, 2.45) is 5.92 Å². The van der Waals surface area contributed by atoms with Crippen molar-refractivity contribution in [2.75, 3.05) is 19.6 Å². The molecule has 1 aromatic carbocycles. The number of aromatic nitrogens is 3. The van der Waals surface area contributed by atoms with E-state index in [-0.39, 0.29) is 11.7 Å². The topological polar surface area (TPSA) is 72.2 Å². The van der Waals surface area contributed by atoms with Crippen LogP contribution in [0, 0.1) is 12.8 Å². The highest BCUT2D eigenvalue weighted by molar-refractivity contribution is 5.75. The van der Waals surface area contributed by atoms with Crippen molar-refractivity contribution in [3.63, 3.8) is 0 Å². The van der Waals surface area contributed by atoms with Gasteiger partial charge in [0.1, 0.15) is 5.82 Å². The molecule has 4 rings (SSSR count). The normalized spacial score (nSPS) is 16.5. The monoisotopic (exact) mass is 383 g/mol. The molecule has 150 valence electrons. The molecule has 1 aromatic heterocycles. The van der Waals surface area contributed by atoms with Gasteiger partial charge in [0.05, 0.1) is 0 Å². The molecular formula is C21H29N5O2. The number of carbonyl (C=O) groups is 1. The molecule has 28 heavy (non-hydrogen) atoms. The van der Waals surface area contributed by atoms with Crippen molar-refractivity contribution in [3.8, 4) is 0 Å². The van der Waals surface area contributed by atoms with Crippen molar-refractivity contribution >= 4 is 6.03 Å². The molecule has 0 bridgehead atoms. The second-order valence-electron chi connectivity index (χ2n) is 8.08. The Morgan fingerprint density at radius 3 is 2.93 bits per heavy atom. The first-order valence-corrected chi connectivity index (χ1v) is 10.3. The summed E-state index contributed by atoms with van der Waals surface area (Å²) in [5.74, 6) is 1.45. The summed E-state index contributed by atoms with van der Waals surface area (Å²) in [5, 5.41) is 7.40. The Labute approximate surface area is 165 Å². The average Bonchev–Trinajstić information content (AvgIpc) is 2.97. The van der Waals surface area contributed by atoms with Crippen LogP contribution in [-0.2, 0) is 25.9 Å². The molecule has 1 N–H and O–H groups in total. The summed E-state index contributed by atoms with van der Waals surface area (Å²) in [4.78, 5) is 26.4. The highest BCUT2D eigenvalue weighted by atomic mass is 16.2. The molecule has 2 aliphatic rings. The molecule has 2 amide bonds. The Balaban J connectivity index is 1.16. The molecule has 7 nitrogen and oxygen atoms in total. The summed E-state index contributed by atoms with van der Waals surface area (Å²) >= 11 is 0. The standard InChI is InChI=1S/C21H29N5O2/c1-16-6-4-7-17(12-16)13-18-14-24(15-18)20(27)22-9-5-11-26-21(28)25-10-3-2-8-19(25)23-26/h4,6-7,12,18H,2-3,5,8-11,13-15H2,1H3,(H,22,27). The number of rotatable bonds is 6. The summed E-state index contributed by atoms with van der Waals surface area (Å²) in [5.41, 5.74) is 2.62. The largest absolute Gasteiger partial charge is 0.345 e. The fourth-order valence-corrected chi connectivity index (χ4v) is 4.17. The number of fused-ring (bicyclic) bond motifs is 1. The van der Waals surface area contributed by atoms with E-state index in [4.69, 9.17) is 0 Å². The molecule has 0 saturated carbocycles. The number of amides is 2. The van der Waals surface area contributed by atoms with Gasteiger partial charge >= 0.3 is 11.7 Å². The van der Waals surface area contributed by atoms with E-state index in [1.54, 1.807) is 9.25 Å². The number of nitrogens with zero attached hydrogens (tertiary/aromatic N) is 4. The first kappa shape index (κ1) is 18.8. The zero-order valence-electron chi connectivity index (χ0n) is 16.6. The molecule has 0 atom stereocenters. The summed E-state index contributed by atoms with van der Waals surface area (Å²) in [6, 6.07) is 8.58. The lowest BCUT2D eigenvalue weighted by atomic mass is 9.92. The van der Waals surface area contributed by atoms with Crippen molar-refractivity contribution in [3.05, 3.63) is 51.7 Å². The van der Waals surface area contributed by atoms with Crippen LogP contribution in [0.25, 0.3) is 0 Å². The minimum atomic E-state index is -0.0113. The van der Waals surface area contributed by atoms with E-state index in [0.717, 1.165) is 51.1 Å². The quantitative estimate of drug-likeness (QED) is 0.775. The molecule has 1 saturated heterocycles. The van der Waals surface area contributed by atoms with Gasteiger partial charge in [-0.05, 0) is 44.1 Å². The van der Waals surface area contributed by atoms with Gasteiger partial charge in [0.15, 0.2) is 0 Å². The zero-order valence-corrected chi connectivity index (χ0v) is 16.6. The Morgan fingerprint density at radius 1 is 1.29 bits per heavy atom. The lowest BCUT2D eigenvalue weighted by molar-refractivity contribution is 0.120. The highest BCUT2D eigenvalue weighted by Crippen LogP contribution is 2.20. The van der Waals surface area contributed by atoms with Gasteiger partial charge in [0, 0.05) is 39.1 Å². The molecule has 2 aromatic rings. The molecule has 1 fully saturated rings. The third-order valence-electron chi connectivity index (χ3n) is 5.71. The lowest BCUT2D eigenvalue weighted by Crippen LogP contribution is -2.54. The first-order valence-electron chi connectivity index (χ1n) is 10.3. The van der Waals surface area contributed by atoms with Crippen LogP contribution in [0.4, 0.5) is 4.79 Å². The van der Waals surface area contributed by atoms with Gasteiger partial charge in [-0.15, -0.1) is 0 Å². The fraction of sp³-hybridized carbons (Fsp3) is 0.571. The Kier molecular flexibility index (Phi) is 5.50. The molecule has 2 aliphatic heterocycles. The zero-order chi connectivity index (χ0) is 19.5. The number of hydrogen-bond acceptors (Lipinski definition) is 3. The number of carbonyl (C=O) groups excluding carboxylic acids is 1. The van der Waals surface area contributed by atoms with E-state index in [1.165, 1.54) is 11.1 Å². The number of hydrogen-bond donors (Lipinski definition) is 1. The van der Waals surface area contributed by atoms with Gasteiger partial charge in [-0.2, -0.15) is 5.10 Å². The maximum Gasteiger partial charge on any atom is 0.345 e. The number of aryl methyl sites for hydroxylation is 3. The fourth-order valence-electron chi connectivity index (χ4n) is 4.17. The van der Waals surface area contributed by atoms with Crippen LogP contribution >= 0.6 is 0 Å².